The molecular formula is C17H21N3O3. The van der Waals surface area contributed by atoms with Gasteiger partial charge in [-0.2, -0.15) is 0 Å². The minimum Gasteiger partial charge on any atom is -0.475 e. The molecule has 0 atom stereocenters. The van der Waals surface area contributed by atoms with Crippen LogP contribution in [0.2, 0.25) is 0 Å². The van der Waals surface area contributed by atoms with E-state index in [0.717, 1.165) is 12.0 Å². The summed E-state index contributed by atoms with van der Waals surface area (Å²) in [6, 6.07) is 7.34. The largest absolute Gasteiger partial charge is 0.475 e. The molecule has 2 aromatic heterocycles. The SMILES string of the molecule is COCCOc1ncccc1C(=O)N(C)CCc1ccncc1. The van der Waals surface area contributed by atoms with Crippen molar-refractivity contribution in [1.29, 1.82) is 0 Å². The van der Waals surface area contributed by atoms with Crippen molar-refractivity contribution in [2.24, 2.45) is 0 Å². The number of likely N-dealkylation sites (N-methyl/N-ethyl adjacent to an activating group) is 1. The van der Waals surface area contributed by atoms with Crippen LogP contribution in [0.15, 0.2) is 42.9 Å². The van der Waals surface area contributed by atoms with Crippen LogP contribution in [0.25, 0.3) is 0 Å². The summed E-state index contributed by atoms with van der Waals surface area (Å²) in [7, 11) is 3.37. The van der Waals surface area contributed by atoms with Crippen LogP contribution in [-0.4, -0.2) is 54.7 Å². The maximum absolute atomic E-state index is 12.6. The quantitative estimate of drug-likeness (QED) is 0.695. The van der Waals surface area contributed by atoms with Gasteiger partial charge >= 0.3 is 0 Å². The highest BCUT2D eigenvalue weighted by molar-refractivity contribution is 5.96. The van der Waals surface area contributed by atoms with Crippen molar-refractivity contribution in [2.45, 2.75) is 6.42 Å². The summed E-state index contributed by atoms with van der Waals surface area (Å²) >= 11 is 0. The molecule has 0 aliphatic rings. The molecular weight excluding hydrogens is 294 g/mol. The number of carbonyl (C=O) groups excluding carboxylic acids is 1. The first-order valence-corrected chi connectivity index (χ1v) is 7.43. The highest BCUT2D eigenvalue weighted by Gasteiger charge is 2.17. The van der Waals surface area contributed by atoms with E-state index in [9.17, 15) is 4.79 Å². The lowest BCUT2D eigenvalue weighted by Gasteiger charge is -2.18. The molecule has 0 saturated carbocycles. The van der Waals surface area contributed by atoms with Crippen LogP contribution in [0.1, 0.15) is 15.9 Å². The second-order valence-electron chi connectivity index (χ2n) is 5.03. The van der Waals surface area contributed by atoms with E-state index in [0.29, 0.717) is 31.2 Å². The van der Waals surface area contributed by atoms with Crippen LogP contribution in [0.3, 0.4) is 0 Å². The summed E-state index contributed by atoms with van der Waals surface area (Å²) in [6.07, 6.45) is 5.88. The lowest BCUT2D eigenvalue weighted by molar-refractivity contribution is 0.0787. The average molecular weight is 315 g/mol. The molecule has 2 heterocycles. The van der Waals surface area contributed by atoms with E-state index in [1.54, 1.807) is 49.8 Å². The maximum Gasteiger partial charge on any atom is 0.259 e. The van der Waals surface area contributed by atoms with Crippen molar-refractivity contribution in [3.63, 3.8) is 0 Å². The lowest BCUT2D eigenvalue weighted by atomic mass is 10.2. The second-order valence-corrected chi connectivity index (χ2v) is 5.03. The van der Waals surface area contributed by atoms with Gasteiger partial charge in [0.25, 0.3) is 5.91 Å². The maximum atomic E-state index is 12.6. The Morgan fingerprint density at radius 1 is 1.17 bits per heavy atom. The minimum atomic E-state index is -0.112. The number of ether oxygens (including phenoxy) is 2. The fraction of sp³-hybridized carbons (Fsp3) is 0.353. The van der Waals surface area contributed by atoms with Crippen molar-refractivity contribution in [1.82, 2.24) is 14.9 Å². The van der Waals surface area contributed by atoms with Crippen LogP contribution in [0.4, 0.5) is 0 Å². The molecule has 122 valence electrons. The number of methoxy groups -OCH3 is 1. The molecule has 0 bridgehead atoms. The van der Waals surface area contributed by atoms with Crippen LogP contribution < -0.4 is 4.74 Å². The summed E-state index contributed by atoms with van der Waals surface area (Å²) in [6.45, 7) is 1.41. The number of aromatic nitrogens is 2. The monoisotopic (exact) mass is 315 g/mol. The highest BCUT2D eigenvalue weighted by atomic mass is 16.5. The van der Waals surface area contributed by atoms with Gasteiger partial charge in [-0.15, -0.1) is 0 Å². The van der Waals surface area contributed by atoms with E-state index in [4.69, 9.17) is 9.47 Å². The molecule has 0 N–H and O–H groups in total. The van der Waals surface area contributed by atoms with Gasteiger partial charge in [0.05, 0.1) is 6.61 Å². The highest BCUT2D eigenvalue weighted by Crippen LogP contribution is 2.16. The number of pyridine rings is 2. The Kier molecular flexibility index (Phi) is 6.50. The molecule has 2 aromatic rings. The molecule has 1 amide bonds. The zero-order valence-electron chi connectivity index (χ0n) is 13.4. The van der Waals surface area contributed by atoms with Crippen molar-refractivity contribution >= 4 is 5.91 Å². The number of hydrogen-bond acceptors (Lipinski definition) is 5. The van der Waals surface area contributed by atoms with Crippen molar-refractivity contribution in [3.05, 3.63) is 54.0 Å². The fourth-order valence-corrected chi connectivity index (χ4v) is 2.04. The van der Waals surface area contributed by atoms with Gasteiger partial charge in [0.15, 0.2) is 0 Å². The van der Waals surface area contributed by atoms with E-state index in [2.05, 4.69) is 9.97 Å². The van der Waals surface area contributed by atoms with Crippen LogP contribution in [0.5, 0.6) is 5.88 Å². The molecule has 0 aliphatic heterocycles. The smallest absolute Gasteiger partial charge is 0.259 e. The second kappa shape index (κ2) is 8.85. The van der Waals surface area contributed by atoms with Crippen LogP contribution >= 0.6 is 0 Å². The Labute approximate surface area is 136 Å². The summed E-state index contributed by atoms with van der Waals surface area (Å²) < 4.78 is 10.5. The van der Waals surface area contributed by atoms with E-state index in [1.165, 1.54) is 0 Å². The van der Waals surface area contributed by atoms with Gasteiger partial charge in [-0.25, -0.2) is 4.98 Å². The molecule has 0 aromatic carbocycles. The van der Waals surface area contributed by atoms with Gasteiger partial charge in [0.2, 0.25) is 5.88 Å². The van der Waals surface area contributed by atoms with E-state index in [1.807, 2.05) is 12.1 Å². The molecule has 0 unspecified atom stereocenters. The first-order valence-electron chi connectivity index (χ1n) is 7.43. The van der Waals surface area contributed by atoms with Crippen molar-refractivity contribution < 1.29 is 14.3 Å². The predicted octanol–water partition coefficient (Wildman–Crippen LogP) is 1.82. The van der Waals surface area contributed by atoms with E-state index >= 15 is 0 Å². The summed E-state index contributed by atoms with van der Waals surface area (Å²) in [5, 5.41) is 0. The average Bonchev–Trinajstić information content (AvgIpc) is 2.60. The summed E-state index contributed by atoms with van der Waals surface area (Å²) in [5.41, 5.74) is 1.60. The third-order valence-electron chi connectivity index (χ3n) is 3.36. The third-order valence-corrected chi connectivity index (χ3v) is 3.36. The third kappa shape index (κ3) is 5.03. The summed E-state index contributed by atoms with van der Waals surface area (Å²) in [4.78, 5) is 22.4. The first-order chi connectivity index (χ1) is 11.2. The Morgan fingerprint density at radius 3 is 2.70 bits per heavy atom. The Morgan fingerprint density at radius 2 is 1.96 bits per heavy atom. The molecule has 0 fully saturated rings. The van der Waals surface area contributed by atoms with Crippen LogP contribution in [-0.2, 0) is 11.2 Å². The van der Waals surface area contributed by atoms with Gasteiger partial charge in [0.1, 0.15) is 12.2 Å². The molecule has 2 rings (SSSR count). The predicted molar refractivity (Wildman–Crippen MR) is 86.5 cm³/mol. The number of rotatable bonds is 8. The summed E-state index contributed by atoms with van der Waals surface area (Å²) in [5.74, 6) is 0.227. The Hall–Kier alpha value is -2.47. The molecule has 0 aliphatic carbocycles. The molecule has 0 radical (unpaired) electrons. The topological polar surface area (TPSA) is 64.6 Å². The zero-order valence-corrected chi connectivity index (χ0v) is 13.4. The fourth-order valence-electron chi connectivity index (χ4n) is 2.04. The number of hydrogen-bond donors (Lipinski definition) is 0. The number of amides is 1. The van der Waals surface area contributed by atoms with Crippen molar-refractivity contribution in [2.75, 3.05) is 33.9 Å². The van der Waals surface area contributed by atoms with Gasteiger partial charge in [0, 0.05) is 39.3 Å². The number of carbonyl (C=O) groups is 1. The molecule has 0 saturated heterocycles. The first kappa shape index (κ1) is 16.9. The Bertz CT molecular complexity index is 619. The molecule has 6 heteroatoms. The Balaban J connectivity index is 1.98. The van der Waals surface area contributed by atoms with E-state index in [-0.39, 0.29) is 5.91 Å². The number of nitrogens with zero attached hydrogens (tertiary/aromatic N) is 3. The lowest BCUT2D eigenvalue weighted by Crippen LogP contribution is -2.29. The molecule has 6 nitrogen and oxygen atoms in total. The van der Waals surface area contributed by atoms with Gasteiger partial charge < -0.3 is 14.4 Å². The van der Waals surface area contributed by atoms with Crippen molar-refractivity contribution in [3.8, 4) is 5.88 Å². The standard InChI is InChI=1S/C17H21N3O3/c1-20(11-7-14-5-9-18-10-6-14)17(21)15-4-3-8-19-16(15)23-13-12-22-2/h3-6,8-10H,7,11-13H2,1-2H3. The van der Waals surface area contributed by atoms with Crippen LogP contribution in [0, 0.1) is 0 Å². The van der Waals surface area contributed by atoms with Gasteiger partial charge in [-0.05, 0) is 36.2 Å². The minimum absolute atomic E-state index is 0.112. The van der Waals surface area contributed by atoms with Gasteiger partial charge in [-0.1, -0.05) is 0 Å². The van der Waals surface area contributed by atoms with E-state index < -0.39 is 0 Å². The van der Waals surface area contributed by atoms with Gasteiger partial charge in [-0.3, -0.25) is 9.78 Å². The normalized spacial score (nSPS) is 10.3. The zero-order chi connectivity index (χ0) is 16.5. The molecule has 23 heavy (non-hydrogen) atoms. The molecule has 0 spiro atoms.